The molecule has 0 unspecified atom stereocenters. The number of amides is 2. The number of carbonyl (C=O) groups excluding carboxylic acids is 2. The molecule has 0 saturated heterocycles. The summed E-state index contributed by atoms with van der Waals surface area (Å²) in [6.45, 7) is 9.02. The van der Waals surface area contributed by atoms with E-state index in [9.17, 15) is 9.59 Å². The van der Waals surface area contributed by atoms with Crippen molar-refractivity contribution in [1.82, 2.24) is 9.80 Å². The number of rotatable bonds is 12. The van der Waals surface area contributed by atoms with Crippen LogP contribution in [0.3, 0.4) is 0 Å². The maximum absolute atomic E-state index is 13.6. The zero-order valence-corrected chi connectivity index (χ0v) is 22.3. The van der Waals surface area contributed by atoms with Gasteiger partial charge in [-0.2, -0.15) is 0 Å². The van der Waals surface area contributed by atoms with E-state index in [1.54, 1.807) is 42.6 Å². The summed E-state index contributed by atoms with van der Waals surface area (Å²) >= 11 is 1.64. The summed E-state index contributed by atoms with van der Waals surface area (Å²) in [5, 5.41) is 2.04. The Balaban J connectivity index is 1.80. The number of benzene rings is 2. The number of methoxy groups -OCH3 is 2. The fourth-order valence-corrected chi connectivity index (χ4v) is 4.87. The highest BCUT2D eigenvalue weighted by molar-refractivity contribution is 7.10. The van der Waals surface area contributed by atoms with Crippen LogP contribution in [0.5, 0.6) is 11.5 Å². The molecule has 0 N–H and O–H groups in total. The van der Waals surface area contributed by atoms with Crippen molar-refractivity contribution in [2.24, 2.45) is 0 Å². The molecule has 2 amide bonds. The molecule has 0 aliphatic rings. The molecule has 1 aromatic heterocycles. The zero-order chi connectivity index (χ0) is 26.1. The summed E-state index contributed by atoms with van der Waals surface area (Å²) in [7, 11) is 3.21. The highest BCUT2D eigenvalue weighted by Crippen LogP contribution is 2.28. The summed E-state index contributed by atoms with van der Waals surface area (Å²) in [5.41, 5.74) is 3.66. The van der Waals surface area contributed by atoms with Gasteiger partial charge in [-0.05, 0) is 66.6 Å². The number of carbonyl (C=O) groups is 2. The Morgan fingerprint density at radius 1 is 0.972 bits per heavy atom. The summed E-state index contributed by atoms with van der Waals surface area (Å²) < 4.78 is 10.8. The van der Waals surface area contributed by atoms with Crippen LogP contribution in [-0.2, 0) is 17.8 Å². The fourth-order valence-electron chi connectivity index (χ4n) is 3.95. The van der Waals surface area contributed by atoms with E-state index >= 15 is 0 Å². The van der Waals surface area contributed by atoms with Crippen molar-refractivity contribution in [1.29, 1.82) is 0 Å². The predicted octanol–water partition coefficient (Wildman–Crippen LogP) is 5.28. The quantitative estimate of drug-likeness (QED) is 0.314. The fraction of sp³-hybridized carbons (Fsp3) is 0.310. The third-order valence-electron chi connectivity index (χ3n) is 6.11. The molecular weight excluding hydrogens is 472 g/mol. The molecule has 0 aliphatic carbocycles. The van der Waals surface area contributed by atoms with Crippen LogP contribution in [0.15, 0.2) is 66.6 Å². The second-order valence-corrected chi connectivity index (χ2v) is 9.57. The van der Waals surface area contributed by atoms with Crippen molar-refractivity contribution in [3.8, 4) is 11.5 Å². The number of aryl methyl sites for hydroxylation is 2. The van der Waals surface area contributed by atoms with Crippen LogP contribution in [0.25, 0.3) is 0 Å². The highest BCUT2D eigenvalue weighted by Gasteiger charge is 2.23. The number of hydrogen-bond donors (Lipinski definition) is 0. The number of nitrogens with zero attached hydrogens (tertiary/aromatic N) is 2. The smallest absolute Gasteiger partial charge is 0.254 e. The molecule has 3 rings (SSSR count). The minimum Gasteiger partial charge on any atom is -0.493 e. The van der Waals surface area contributed by atoms with Crippen molar-refractivity contribution in [2.75, 3.05) is 33.9 Å². The van der Waals surface area contributed by atoms with Gasteiger partial charge in [-0.25, -0.2) is 0 Å². The second kappa shape index (κ2) is 12.9. The van der Waals surface area contributed by atoms with Crippen LogP contribution >= 0.6 is 11.3 Å². The van der Waals surface area contributed by atoms with E-state index in [1.807, 2.05) is 53.6 Å². The van der Waals surface area contributed by atoms with Gasteiger partial charge in [0.2, 0.25) is 5.91 Å². The Kier molecular flexibility index (Phi) is 9.70. The molecule has 0 saturated carbocycles. The van der Waals surface area contributed by atoms with Crippen molar-refractivity contribution in [3.63, 3.8) is 0 Å². The average molecular weight is 507 g/mol. The first-order valence-electron chi connectivity index (χ1n) is 11.8. The van der Waals surface area contributed by atoms with Crippen LogP contribution in [-0.4, -0.2) is 55.5 Å². The van der Waals surface area contributed by atoms with Gasteiger partial charge < -0.3 is 19.3 Å². The molecule has 0 radical (unpaired) electrons. The standard InChI is InChI=1S/C29H34N2O4S/c1-6-15-31(29(33)24-10-8-7-9-21(24)2)20-28(32)30(19-27-22(3)14-17-36-27)16-13-23-11-12-25(34-4)26(18-23)35-5/h6-12,14,17-18H,1,13,15-16,19-20H2,2-5H3. The second-order valence-electron chi connectivity index (χ2n) is 8.57. The van der Waals surface area contributed by atoms with Gasteiger partial charge in [-0.1, -0.05) is 30.3 Å². The van der Waals surface area contributed by atoms with E-state index in [2.05, 4.69) is 19.6 Å². The van der Waals surface area contributed by atoms with Gasteiger partial charge >= 0.3 is 0 Å². The minimum absolute atomic E-state index is 0.0183. The molecule has 190 valence electrons. The largest absolute Gasteiger partial charge is 0.493 e. The molecule has 0 atom stereocenters. The van der Waals surface area contributed by atoms with E-state index in [1.165, 1.54) is 0 Å². The van der Waals surface area contributed by atoms with Crippen LogP contribution in [0.4, 0.5) is 0 Å². The van der Waals surface area contributed by atoms with Gasteiger partial charge in [-0.3, -0.25) is 9.59 Å². The van der Waals surface area contributed by atoms with E-state index in [-0.39, 0.29) is 18.4 Å². The lowest BCUT2D eigenvalue weighted by atomic mass is 10.1. The number of hydrogen-bond acceptors (Lipinski definition) is 5. The topological polar surface area (TPSA) is 59.1 Å². The van der Waals surface area contributed by atoms with Gasteiger partial charge in [0.15, 0.2) is 11.5 Å². The van der Waals surface area contributed by atoms with Crippen LogP contribution in [0.1, 0.15) is 31.9 Å². The number of thiophene rings is 1. The van der Waals surface area contributed by atoms with Gasteiger partial charge in [-0.15, -0.1) is 17.9 Å². The third-order valence-corrected chi connectivity index (χ3v) is 7.12. The molecule has 6 nitrogen and oxygen atoms in total. The molecule has 7 heteroatoms. The molecular formula is C29H34N2O4S. The van der Waals surface area contributed by atoms with Gasteiger partial charge in [0.1, 0.15) is 6.54 Å². The Morgan fingerprint density at radius 2 is 1.72 bits per heavy atom. The molecule has 0 fully saturated rings. The van der Waals surface area contributed by atoms with Crippen molar-refractivity contribution >= 4 is 23.2 Å². The summed E-state index contributed by atoms with van der Waals surface area (Å²) in [5.74, 6) is 1.04. The van der Waals surface area contributed by atoms with Gasteiger partial charge in [0.05, 0.1) is 20.8 Å². The Labute approximate surface area is 217 Å². The first kappa shape index (κ1) is 27.0. The first-order valence-corrected chi connectivity index (χ1v) is 12.7. The Hall–Kier alpha value is -3.58. The molecule has 36 heavy (non-hydrogen) atoms. The Bertz CT molecular complexity index is 1200. The maximum Gasteiger partial charge on any atom is 0.254 e. The lowest BCUT2D eigenvalue weighted by Gasteiger charge is -2.27. The molecule has 3 aromatic rings. The molecule has 2 aromatic carbocycles. The summed E-state index contributed by atoms with van der Waals surface area (Å²) in [4.78, 5) is 31.4. The average Bonchev–Trinajstić information content (AvgIpc) is 3.29. The maximum atomic E-state index is 13.6. The lowest BCUT2D eigenvalue weighted by Crippen LogP contribution is -2.43. The van der Waals surface area contributed by atoms with E-state index in [0.717, 1.165) is 21.6 Å². The molecule has 0 aliphatic heterocycles. The van der Waals surface area contributed by atoms with Crippen LogP contribution in [0, 0.1) is 13.8 Å². The lowest BCUT2D eigenvalue weighted by molar-refractivity contribution is -0.132. The van der Waals surface area contributed by atoms with Gasteiger partial charge in [0, 0.05) is 23.5 Å². The monoisotopic (exact) mass is 506 g/mol. The zero-order valence-electron chi connectivity index (χ0n) is 21.5. The van der Waals surface area contributed by atoms with Crippen molar-refractivity contribution < 1.29 is 19.1 Å². The third kappa shape index (κ3) is 6.76. The van der Waals surface area contributed by atoms with E-state index < -0.39 is 0 Å². The summed E-state index contributed by atoms with van der Waals surface area (Å²) in [6.07, 6.45) is 2.30. The molecule has 1 heterocycles. The predicted molar refractivity (Wildman–Crippen MR) is 145 cm³/mol. The molecule has 0 spiro atoms. The van der Waals surface area contributed by atoms with Crippen LogP contribution < -0.4 is 9.47 Å². The van der Waals surface area contributed by atoms with E-state index in [4.69, 9.17) is 9.47 Å². The van der Waals surface area contributed by atoms with Crippen molar-refractivity contribution in [3.05, 3.63) is 93.7 Å². The molecule has 0 bridgehead atoms. The normalized spacial score (nSPS) is 10.6. The van der Waals surface area contributed by atoms with Crippen molar-refractivity contribution in [2.45, 2.75) is 26.8 Å². The minimum atomic E-state index is -0.173. The summed E-state index contributed by atoms with van der Waals surface area (Å²) in [6, 6.07) is 15.3. The SMILES string of the molecule is C=CCN(CC(=O)N(CCc1ccc(OC)c(OC)c1)Cc1sccc1C)C(=O)c1ccccc1C. The number of ether oxygens (including phenoxy) is 2. The van der Waals surface area contributed by atoms with Crippen LogP contribution in [0.2, 0.25) is 0 Å². The van der Waals surface area contributed by atoms with Gasteiger partial charge in [0.25, 0.3) is 5.91 Å². The Morgan fingerprint density at radius 3 is 2.36 bits per heavy atom. The highest BCUT2D eigenvalue weighted by atomic mass is 32.1. The first-order chi connectivity index (χ1) is 17.4. The van der Waals surface area contributed by atoms with E-state index in [0.29, 0.717) is 43.1 Å².